The Hall–Kier alpha value is -4.11. The van der Waals surface area contributed by atoms with Crippen molar-refractivity contribution in [3.05, 3.63) is 83.4 Å². The molecule has 6 heteroatoms. The molecule has 0 aliphatic carbocycles. The van der Waals surface area contributed by atoms with E-state index in [1.165, 1.54) is 14.2 Å². The first-order valence-corrected chi connectivity index (χ1v) is 8.89. The topological polar surface area (TPSA) is 91.2 Å². The number of ether oxygens (including phenoxy) is 1. The maximum atomic E-state index is 13.1. The highest BCUT2D eigenvalue weighted by molar-refractivity contribution is 6.10. The minimum Gasteiger partial charge on any atom is -0.495 e. The molecule has 0 bridgehead atoms. The Labute approximate surface area is 168 Å². The van der Waals surface area contributed by atoms with E-state index in [0.717, 1.165) is 0 Å². The summed E-state index contributed by atoms with van der Waals surface area (Å²) in [7, 11) is 3.02. The van der Waals surface area contributed by atoms with E-state index in [1.54, 1.807) is 54.6 Å². The van der Waals surface area contributed by atoms with E-state index in [2.05, 4.69) is 16.7 Å². The van der Waals surface area contributed by atoms with Crippen molar-refractivity contribution in [3.63, 3.8) is 0 Å². The second-order valence-corrected chi connectivity index (χ2v) is 6.15. The Balaban J connectivity index is 2.02. The minimum absolute atomic E-state index is 0.272. The summed E-state index contributed by atoms with van der Waals surface area (Å²) in [5, 5.41) is 14.8. The molecule has 2 N–H and O–H groups in total. The van der Waals surface area contributed by atoms with Crippen molar-refractivity contribution in [1.29, 1.82) is 5.26 Å². The minimum atomic E-state index is -0.374. The molecule has 0 aliphatic heterocycles. The lowest BCUT2D eigenvalue weighted by molar-refractivity contribution is 0.0961. The summed E-state index contributed by atoms with van der Waals surface area (Å²) in [4.78, 5) is 25.0. The lowest BCUT2D eigenvalue weighted by Gasteiger charge is -2.14. The first kappa shape index (κ1) is 19.6. The van der Waals surface area contributed by atoms with Gasteiger partial charge in [-0.05, 0) is 35.9 Å². The SMILES string of the molecule is CNC(=O)c1ccc(OC)c(NC(=O)c2ccccc2-c2ccccc2C#N)c1. The number of benzene rings is 3. The van der Waals surface area contributed by atoms with E-state index in [4.69, 9.17) is 4.74 Å². The van der Waals surface area contributed by atoms with Crippen LogP contribution in [0.5, 0.6) is 5.75 Å². The maximum Gasteiger partial charge on any atom is 0.256 e. The number of hydrogen-bond acceptors (Lipinski definition) is 4. The third-order valence-corrected chi connectivity index (χ3v) is 4.45. The van der Waals surface area contributed by atoms with E-state index in [-0.39, 0.29) is 11.8 Å². The van der Waals surface area contributed by atoms with Gasteiger partial charge in [-0.1, -0.05) is 36.4 Å². The van der Waals surface area contributed by atoms with Crippen molar-refractivity contribution in [2.24, 2.45) is 0 Å². The Morgan fingerprint density at radius 1 is 0.931 bits per heavy atom. The summed E-state index contributed by atoms with van der Waals surface area (Å²) < 4.78 is 5.31. The number of hydrogen-bond donors (Lipinski definition) is 2. The normalized spacial score (nSPS) is 9.97. The number of nitrogens with zero attached hydrogens (tertiary/aromatic N) is 1. The number of amides is 2. The second-order valence-electron chi connectivity index (χ2n) is 6.15. The number of nitriles is 1. The molecule has 0 saturated carbocycles. The summed E-state index contributed by atoms with van der Waals surface area (Å²) in [5.74, 6) is -0.215. The maximum absolute atomic E-state index is 13.1. The summed E-state index contributed by atoms with van der Waals surface area (Å²) in [6.45, 7) is 0. The van der Waals surface area contributed by atoms with Crippen LogP contribution in [0.25, 0.3) is 11.1 Å². The summed E-state index contributed by atoms with van der Waals surface area (Å²) in [5.41, 5.74) is 2.97. The van der Waals surface area contributed by atoms with E-state index in [0.29, 0.717) is 39.3 Å². The fourth-order valence-electron chi connectivity index (χ4n) is 3.01. The Morgan fingerprint density at radius 3 is 2.31 bits per heavy atom. The van der Waals surface area contributed by atoms with Crippen LogP contribution in [0.3, 0.4) is 0 Å². The van der Waals surface area contributed by atoms with Crippen molar-refractivity contribution in [3.8, 4) is 22.9 Å². The molecular formula is C23H19N3O3. The standard InChI is InChI=1S/C23H19N3O3/c1-25-22(27)15-11-12-21(29-2)20(13-15)26-23(28)19-10-6-5-9-18(19)17-8-4-3-7-16(17)14-24/h3-13H,1-2H3,(H,25,27)(H,26,28). The van der Waals surface area contributed by atoms with E-state index in [9.17, 15) is 14.9 Å². The van der Waals surface area contributed by atoms with Crippen LogP contribution >= 0.6 is 0 Å². The molecule has 0 unspecified atom stereocenters. The molecule has 0 fully saturated rings. The van der Waals surface area contributed by atoms with Crippen LogP contribution in [0, 0.1) is 11.3 Å². The number of anilines is 1. The van der Waals surface area contributed by atoms with Gasteiger partial charge in [0.15, 0.2) is 0 Å². The fourth-order valence-corrected chi connectivity index (χ4v) is 3.01. The van der Waals surface area contributed by atoms with Gasteiger partial charge in [-0.25, -0.2) is 0 Å². The predicted octanol–water partition coefficient (Wildman–Crippen LogP) is 3.85. The first-order chi connectivity index (χ1) is 14.1. The molecule has 0 atom stereocenters. The molecular weight excluding hydrogens is 366 g/mol. The van der Waals surface area contributed by atoms with Crippen molar-refractivity contribution >= 4 is 17.5 Å². The van der Waals surface area contributed by atoms with Gasteiger partial charge in [-0.15, -0.1) is 0 Å². The lowest BCUT2D eigenvalue weighted by Crippen LogP contribution is -2.19. The fraction of sp³-hybridized carbons (Fsp3) is 0.0870. The van der Waals surface area contributed by atoms with Crippen LogP contribution in [0.15, 0.2) is 66.7 Å². The lowest BCUT2D eigenvalue weighted by atomic mass is 9.95. The van der Waals surface area contributed by atoms with Crippen LogP contribution in [0.2, 0.25) is 0 Å². The zero-order valence-electron chi connectivity index (χ0n) is 16.0. The zero-order valence-corrected chi connectivity index (χ0v) is 16.0. The van der Waals surface area contributed by atoms with Crippen molar-refractivity contribution < 1.29 is 14.3 Å². The molecule has 0 saturated heterocycles. The molecule has 144 valence electrons. The van der Waals surface area contributed by atoms with Crippen LogP contribution in [-0.4, -0.2) is 26.0 Å². The van der Waals surface area contributed by atoms with Crippen LogP contribution in [0.1, 0.15) is 26.3 Å². The highest BCUT2D eigenvalue weighted by Crippen LogP contribution is 2.30. The van der Waals surface area contributed by atoms with Gasteiger partial charge in [-0.3, -0.25) is 9.59 Å². The second kappa shape index (κ2) is 8.72. The Bertz CT molecular complexity index is 1120. The quantitative estimate of drug-likeness (QED) is 0.698. The average Bonchev–Trinajstić information content (AvgIpc) is 2.78. The van der Waals surface area contributed by atoms with E-state index >= 15 is 0 Å². The molecule has 3 aromatic rings. The molecule has 29 heavy (non-hydrogen) atoms. The highest BCUT2D eigenvalue weighted by atomic mass is 16.5. The van der Waals surface area contributed by atoms with Crippen molar-refractivity contribution in [2.75, 3.05) is 19.5 Å². The zero-order chi connectivity index (χ0) is 20.8. The summed E-state index contributed by atoms with van der Waals surface area (Å²) >= 11 is 0. The molecule has 2 amide bonds. The first-order valence-electron chi connectivity index (χ1n) is 8.89. The van der Waals surface area contributed by atoms with Gasteiger partial charge in [0.05, 0.1) is 24.4 Å². The molecule has 0 spiro atoms. The predicted molar refractivity (Wildman–Crippen MR) is 111 cm³/mol. The third kappa shape index (κ3) is 4.09. The number of carbonyl (C=O) groups is 2. The third-order valence-electron chi connectivity index (χ3n) is 4.45. The van der Waals surface area contributed by atoms with Gasteiger partial charge < -0.3 is 15.4 Å². The molecule has 0 heterocycles. The molecule has 0 aliphatic rings. The summed E-state index contributed by atoms with van der Waals surface area (Å²) in [6, 6.07) is 21.1. The van der Waals surface area contributed by atoms with Crippen molar-refractivity contribution in [2.45, 2.75) is 0 Å². The number of nitrogens with one attached hydrogen (secondary N) is 2. The van der Waals surface area contributed by atoms with Gasteiger partial charge in [0.2, 0.25) is 0 Å². The van der Waals surface area contributed by atoms with Crippen LogP contribution in [0.4, 0.5) is 5.69 Å². The van der Waals surface area contributed by atoms with Crippen LogP contribution in [-0.2, 0) is 0 Å². The van der Waals surface area contributed by atoms with E-state index in [1.807, 2.05) is 12.1 Å². The van der Waals surface area contributed by atoms with Crippen LogP contribution < -0.4 is 15.4 Å². The average molecular weight is 385 g/mol. The Kier molecular flexibility index (Phi) is 5.91. The molecule has 0 radical (unpaired) electrons. The number of rotatable bonds is 5. The van der Waals surface area contributed by atoms with Gasteiger partial charge in [0, 0.05) is 23.7 Å². The molecule has 3 aromatic carbocycles. The van der Waals surface area contributed by atoms with Gasteiger partial charge in [0.25, 0.3) is 11.8 Å². The largest absolute Gasteiger partial charge is 0.495 e. The summed E-state index contributed by atoms with van der Waals surface area (Å²) in [6.07, 6.45) is 0. The van der Waals surface area contributed by atoms with Gasteiger partial charge >= 0.3 is 0 Å². The monoisotopic (exact) mass is 385 g/mol. The molecule has 3 rings (SSSR count). The highest BCUT2D eigenvalue weighted by Gasteiger charge is 2.17. The van der Waals surface area contributed by atoms with E-state index < -0.39 is 0 Å². The Morgan fingerprint density at radius 2 is 1.62 bits per heavy atom. The molecule has 0 aromatic heterocycles. The number of methoxy groups -OCH3 is 1. The van der Waals surface area contributed by atoms with Gasteiger partial charge in [0.1, 0.15) is 5.75 Å². The van der Waals surface area contributed by atoms with Crippen molar-refractivity contribution in [1.82, 2.24) is 5.32 Å². The van der Waals surface area contributed by atoms with Gasteiger partial charge in [-0.2, -0.15) is 5.26 Å². The number of carbonyl (C=O) groups excluding carboxylic acids is 2. The smallest absolute Gasteiger partial charge is 0.256 e. The molecule has 6 nitrogen and oxygen atoms in total.